The van der Waals surface area contributed by atoms with E-state index in [-0.39, 0.29) is 30.3 Å². The molecule has 2 aromatic carbocycles. The highest BCUT2D eigenvalue weighted by atomic mass is 16.6. The Balaban J connectivity index is 1.84. The largest absolute Gasteiger partial charge is 0.493 e. The predicted molar refractivity (Wildman–Crippen MR) is 140 cm³/mol. The molecular weight excluding hydrogens is 492 g/mol. The van der Waals surface area contributed by atoms with Crippen LogP contribution in [0.1, 0.15) is 45.1 Å². The van der Waals surface area contributed by atoms with Crippen LogP contribution >= 0.6 is 0 Å². The number of nitriles is 1. The third kappa shape index (κ3) is 5.67. The van der Waals surface area contributed by atoms with Gasteiger partial charge in [-0.15, -0.1) is 0 Å². The molecule has 0 aliphatic carbocycles. The van der Waals surface area contributed by atoms with Gasteiger partial charge in [-0.1, -0.05) is 26.0 Å². The first kappa shape index (κ1) is 28.7. The lowest BCUT2D eigenvalue weighted by molar-refractivity contribution is -0.526. The molecule has 3 unspecified atom stereocenters. The first-order valence-corrected chi connectivity index (χ1v) is 12.6. The standard InChI is InChI=1S/C28H36N2O8/c1-18(2)28(17-29,21-15-24(33-3)26(35-5)27(36-6)25(21)34-4)13-9-10-19(30(31)32)14-20-16-37-22-11-7-8-12-23(22)38-20/h7-8,11-12,15,18-20H,9-10,13-14,16H2,1-6H3. The summed E-state index contributed by atoms with van der Waals surface area (Å²) in [5.41, 5.74) is -0.437. The Labute approximate surface area is 223 Å². The summed E-state index contributed by atoms with van der Waals surface area (Å²) in [5.74, 6) is 2.53. The van der Waals surface area contributed by atoms with Crippen molar-refractivity contribution in [2.75, 3.05) is 35.0 Å². The molecule has 0 aromatic heterocycles. The molecule has 206 valence electrons. The molecule has 38 heavy (non-hydrogen) atoms. The van der Waals surface area contributed by atoms with Crippen LogP contribution in [-0.2, 0) is 5.41 Å². The Hall–Kier alpha value is -3.87. The minimum atomic E-state index is -1.03. The second-order valence-electron chi connectivity index (χ2n) is 9.53. The zero-order chi connectivity index (χ0) is 27.9. The van der Waals surface area contributed by atoms with E-state index in [1.54, 1.807) is 18.2 Å². The van der Waals surface area contributed by atoms with Crippen LogP contribution < -0.4 is 28.4 Å². The van der Waals surface area contributed by atoms with E-state index in [1.807, 2.05) is 26.0 Å². The number of nitro groups is 1. The fourth-order valence-corrected chi connectivity index (χ4v) is 5.05. The van der Waals surface area contributed by atoms with Gasteiger partial charge in [0.15, 0.2) is 23.0 Å². The Morgan fingerprint density at radius 2 is 1.74 bits per heavy atom. The fourth-order valence-electron chi connectivity index (χ4n) is 5.05. The number of hydrogen-bond acceptors (Lipinski definition) is 9. The number of hydrogen-bond donors (Lipinski definition) is 0. The van der Waals surface area contributed by atoms with E-state index in [1.165, 1.54) is 28.4 Å². The van der Waals surface area contributed by atoms with Crippen molar-refractivity contribution in [2.24, 2.45) is 5.92 Å². The number of benzene rings is 2. The average Bonchev–Trinajstić information content (AvgIpc) is 2.93. The van der Waals surface area contributed by atoms with Crippen LogP contribution in [0, 0.1) is 27.4 Å². The molecule has 0 bridgehead atoms. The summed E-state index contributed by atoms with van der Waals surface area (Å²) in [6.45, 7) is 4.14. The van der Waals surface area contributed by atoms with Crippen molar-refractivity contribution in [1.29, 1.82) is 5.26 Å². The van der Waals surface area contributed by atoms with Crippen LogP contribution in [0.15, 0.2) is 30.3 Å². The lowest BCUT2D eigenvalue weighted by Crippen LogP contribution is -2.36. The minimum absolute atomic E-state index is 0.148. The van der Waals surface area contributed by atoms with Gasteiger partial charge in [-0.3, -0.25) is 10.1 Å². The number of nitrogens with zero attached hydrogens (tertiary/aromatic N) is 2. The van der Waals surface area contributed by atoms with Crippen LogP contribution in [0.25, 0.3) is 0 Å². The molecule has 0 radical (unpaired) electrons. The van der Waals surface area contributed by atoms with Crippen molar-refractivity contribution in [3.8, 4) is 40.6 Å². The molecule has 3 atom stereocenters. The quantitative estimate of drug-likeness (QED) is 0.255. The minimum Gasteiger partial charge on any atom is -0.493 e. The number of para-hydroxylation sites is 2. The summed E-state index contributed by atoms with van der Waals surface area (Å²) in [6, 6.07) is 10.7. The van der Waals surface area contributed by atoms with Gasteiger partial charge in [-0.25, -0.2) is 0 Å². The van der Waals surface area contributed by atoms with Crippen LogP contribution in [0.3, 0.4) is 0 Å². The van der Waals surface area contributed by atoms with Crippen LogP contribution in [0.5, 0.6) is 34.5 Å². The maximum atomic E-state index is 12.0. The Morgan fingerprint density at radius 3 is 2.29 bits per heavy atom. The Kier molecular flexibility index (Phi) is 9.50. The summed E-state index contributed by atoms with van der Waals surface area (Å²) in [7, 11) is 6.00. The molecule has 1 heterocycles. The van der Waals surface area contributed by atoms with Crippen molar-refractivity contribution in [3.05, 3.63) is 46.0 Å². The van der Waals surface area contributed by atoms with Crippen molar-refractivity contribution >= 4 is 0 Å². The van der Waals surface area contributed by atoms with Gasteiger partial charge in [-0.2, -0.15) is 5.26 Å². The molecule has 0 amide bonds. The molecule has 0 saturated heterocycles. The topological polar surface area (TPSA) is 122 Å². The van der Waals surface area contributed by atoms with E-state index in [4.69, 9.17) is 28.4 Å². The third-order valence-corrected chi connectivity index (χ3v) is 7.16. The lowest BCUT2D eigenvalue weighted by atomic mass is 9.69. The highest BCUT2D eigenvalue weighted by Gasteiger charge is 2.42. The van der Waals surface area contributed by atoms with E-state index in [0.29, 0.717) is 52.9 Å². The van der Waals surface area contributed by atoms with Gasteiger partial charge < -0.3 is 28.4 Å². The molecule has 10 heteroatoms. The van der Waals surface area contributed by atoms with Crippen molar-refractivity contribution in [2.45, 2.75) is 57.1 Å². The van der Waals surface area contributed by atoms with E-state index >= 15 is 0 Å². The summed E-state index contributed by atoms with van der Waals surface area (Å²) < 4.78 is 34.0. The number of ether oxygens (including phenoxy) is 6. The maximum Gasteiger partial charge on any atom is 0.216 e. The molecule has 0 spiro atoms. The summed E-state index contributed by atoms with van der Waals surface area (Å²) >= 11 is 0. The zero-order valence-electron chi connectivity index (χ0n) is 22.8. The van der Waals surface area contributed by atoms with Gasteiger partial charge in [-0.05, 0) is 37.0 Å². The van der Waals surface area contributed by atoms with Crippen molar-refractivity contribution < 1.29 is 33.3 Å². The van der Waals surface area contributed by atoms with E-state index in [2.05, 4.69) is 6.07 Å². The summed E-state index contributed by atoms with van der Waals surface area (Å²) in [4.78, 5) is 11.7. The van der Waals surface area contributed by atoms with Crippen molar-refractivity contribution in [3.63, 3.8) is 0 Å². The Bertz CT molecular complexity index is 1160. The lowest BCUT2D eigenvalue weighted by Gasteiger charge is -2.34. The molecule has 0 fully saturated rings. The van der Waals surface area contributed by atoms with Crippen LogP contribution in [0.2, 0.25) is 0 Å². The van der Waals surface area contributed by atoms with Gasteiger partial charge in [0.25, 0.3) is 0 Å². The van der Waals surface area contributed by atoms with E-state index in [0.717, 1.165) is 0 Å². The fraction of sp³-hybridized carbons (Fsp3) is 0.536. The second-order valence-corrected chi connectivity index (χ2v) is 9.53. The van der Waals surface area contributed by atoms with E-state index in [9.17, 15) is 15.4 Å². The average molecular weight is 529 g/mol. The maximum absolute atomic E-state index is 12.0. The molecule has 0 saturated carbocycles. The SMILES string of the molecule is COc1cc(C(C#N)(CCCC(CC2COc3ccccc3O2)[N+](=O)[O-])C(C)C)c(OC)c(OC)c1OC. The number of methoxy groups -OCH3 is 4. The highest BCUT2D eigenvalue weighted by Crippen LogP contribution is 2.52. The normalized spacial score (nSPS) is 16.6. The third-order valence-electron chi connectivity index (χ3n) is 7.16. The highest BCUT2D eigenvalue weighted by molar-refractivity contribution is 5.65. The molecule has 1 aliphatic heterocycles. The molecule has 3 rings (SSSR count). The van der Waals surface area contributed by atoms with Gasteiger partial charge in [0.1, 0.15) is 12.7 Å². The molecular formula is C28H36N2O8. The van der Waals surface area contributed by atoms with Gasteiger partial charge in [0.05, 0.1) is 46.3 Å². The first-order valence-electron chi connectivity index (χ1n) is 12.6. The van der Waals surface area contributed by atoms with Crippen LogP contribution in [0.4, 0.5) is 0 Å². The second kappa shape index (κ2) is 12.6. The molecule has 1 aliphatic rings. The number of rotatable bonds is 13. The van der Waals surface area contributed by atoms with Crippen LogP contribution in [-0.4, -0.2) is 52.1 Å². The first-order chi connectivity index (χ1) is 18.3. The smallest absolute Gasteiger partial charge is 0.216 e. The number of fused-ring (bicyclic) bond motifs is 1. The van der Waals surface area contributed by atoms with Crippen molar-refractivity contribution in [1.82, 2.24) is 0 Å². The van der Waals surface area contributed by atoms with Gasteiger partial charge in [0, 0.05) is 16.9 Å². The monoisotopic (exact) mass is 528 g/mol. The zero-order valence-corrected chi connectivity index (χ0v) is 22.8. The molecule has 2 aromatic rings. The van der Waals surface area contributed by atoms with E-state index < -0.39 is 17.6 Å². The van der Waals surface area contributed by atoms with Gasteiger partial charge in [0.2, 0.25) is 17.5 Å². The molecule has 10 nitrogen and oxygen atoms in total. The molecule has 0 N–H and O–H groups in total. The summed E-state index contributed by atoms with van der Waals surface area (Å²) in [5, 5.41) is 22.5. The predicted octanol–water partition coefficient (Wildman–Crippen LogP) is 5.18. The van der Waals surface area contributed by atoms with Gasteiger partial charge >= 0.3 is 0 Å². The summed E-state index contributed by atoms with van der Waals surface area (Å²) in [6.07, 6.45) is 0.849. The Morgan fingerprint density at radius 1 is 1.08 bits per heavy atom.